The molecule has 18 heavy (non-hydrogen) atoms. The van der Waals surface area contributed by atoms with Crippen LogP contribution < -0.4 is 5.32 Å². The number of fused-ring (bicyclic) bond motifs is 2. The van der Waals surface area contributed by atoms with E-state index in [-0.39, 0.29) is 5.91 Å². The fraction of sp³-hybridized carbons (Fsp3) is 0.500. The highest BCUT2D eigenvalue weighted by Gasteiger charge is 2.40. The van der Waals surface area contributed by atoms with Gasteiger partial charge in [-0.2, -0.15) is 0 Å². The lowest BCUT2D eigenvalue weighted by Gasteiger charge is -2.23. The van der Waals surface area contributed by atoms with E-state index in [1.165, 1.54) is 19.3 Å². The molecule has 2 aliphatic carbocycles. The van der Waals surface area contributed by atoms with Crippen LogP contribution in [0.25, 0.3) is 0 Å². The van der Waals surface area contributed by atoms with E-state index in [1.807, 2.05) is 0 Å². The van der Waals surface area contributed by atoms with Crippen molar-refractivity contribution in [2.24, 2.45) is 11.8 Å². The summed E-state index contributed by atoms with van der Waals surface area (Å²) in [6.07, 6.45) is 4.94. The van der Waals surface area contributed by atoms with Crippen molar-refractivity contribution >= 4 is 29.1 Å². The van der Waals surface area contributed by atoms with E-state index < -0.39 is 0 Å². The van der Waals surface area contributed by atoms with Gasteiger partial charge in [0.05, 0.1) is 15.6 Å². The van der Waals surface area contributed by atoms with Gasteiger partial charge in [-0.25, -0.2) is 0 Å². The van der Waals surface area contributed by atoms with Gasteiger partial charge in [0.15, 0.2) is 0 Å². The number of carbonyl (C=O) groups is 1. The Hall–Kier alpha value is -0.730. The number of nitrogens with one attached hydrogen (secondary N) is 1. The van der Waals surface area contributed by atoms with Gasteiger partial charge >= 0.3 is 0 Å². The second-order valence-corrected chi connectivity index (χ2v) is 6.17. The van der Waals surface area contributed by atoms with Crippen LogP contribution in [0, 0.1) is 11.8 Å². The number of rotatable bonds is 2. The van der Waals surface area contributed by atoms with Crippen molar-refractivity contribution < 1.29 is 4.79 Å². The first-order valence-corrected chi connectivity index (χ1v) is 7.15. The number of amides is 1. The first-order chi connectivity index (χ1) is 8.65. The third-order valence-corrected chi connectivity index (χ3v) is 4.87. The Morgan fingerprint density at radius 3 is 2.44 bits per heavy atom. The van der Waals surface area contributed by atoms with Crippen molar-refractivity contribution in [1.82, 2.24) is 5.32 Å². The highest BCUT2D eigenvalue weighted by atomic mass is 35.5. The number of benzene rings is 1. The maximum atomic E-state index is 12.2. The normalized spacial score (nSPS) is 29.6. The highest BCUT2D eigenvalue weighted by Crippen LogP contribution is 2.44. The summed E-state index contributed by atoms with van der Waals surface area (Å²) in [5, 5.41) is 3.94. The van der Waals surface area contributed by atoms with Crippen LogP contribution in [0.3, 0.4) is 0 Å². The Morgan fingerprint density at radius 2 is 1.89 bits per heavy atom. The third-order valence-electron chi connectivity index (χ3n) is 4.24. The van der Waals surface area contributed by atoms with Crippen molar-refractivity contribution in [3.8, 4) is 0 Å². The summed E-state index contributed by atoms with van der Waals surface area (Å²) in [7, 11) is 0. The molecule has 2 nitrogen and oxygen atoms in total. The zero-order chi connectivity index (χ0) is 12.7. The molecule has 1 aromatic rings. The predicted molar refractivity (Wildman–Crippen MR) is 73.2 cm³/mol. The molecular formula is C14H15Cl2NO. The monoisotopic (exact) mass is 283 g/mol. The fourth-order valence-corrected chi connectivity index (χ4v) is 3.95. The summed E-state index contributed by atoms with van der Waals surface area (Å²) < 4.78 is 0. The van der Waals surface area contributed by atoms with Crippen LogP contribution in [-0.4, -0.2) is 11.9 Å². The highest BCUT2D eigenvalue weighted by molar-refractivity contribution is 6.39. The molecule has 2 fully saturated rings. The van der Waals surface area contributed by atoms with Crippen LogP contribution in [0.15, 0.2) is 18.2 Å². The molecule has 4 heteroatoms. The Balaban J connectivity index is 1.75. The van der Waals surface area contributed by atoms with Gasteiger partial charge in [-0.15, -0.1) is 0 Å². The van der Waals surface area contributed by atoms with Crippen molar-refractivity contribution in [3.05, 3.63) is 33.8 Å². The second kappa shape index (κ2) is 4.75. The Labute approximate surface area is 117 Å². The van der Waals surface area contributed by atoms with E-state index in [1.54, 1.807) is 18.2 Å². The molecular weight excluding hydrogens is 269 g/mol. The average molecular weight is 284 g/mol. The molecule has 0 aromatic heterocycles. The number of carbonyl (C=O) groups excluding carboxylic acids is 1. The minimum absolute atomic E-state index is 0.136. The lowest BCUT2D eigenvalue weighted by molar-refractivity contribution is 0.0923. The van der Waals surface area contributed by atoms with Gasteiger partial charge in [0.25, 0.3) is 5.91 Å². The summed E-state index contributed by atoms with van der Waals surface area (Å²) in [5.74, 6) is 1.32. The smallest absolute Gasteiger partial charge is 0.254 e. The van der Waals surface area contributed by atoms with Crippen LogP contribution in [0.1, 0.15) is 36.0 Å². The van der Waals surface area contributed by atoms with E-state index in [0.29, 0.717) is 27.6 Å². The molecule has 0 unspecified atom stereocenters. The predicted octanol–water partition coefficient (Wildman–Crippen LogP) is 3.91. The first kappa shape index (κ1) is 12.3. The SMILES string of the molecule is O=C(N[C@@H]1C[C@@H]2CC[C@H]1C2)c1c(Cl)cccc1Cl. The number of hydrogen-bond acceptors (Lipinski definition) is 1. The summed E-state index contributed by atoms with van der Waals surface area (Å²) in [6.45, 7) is 0. The van der Waals surface area contributed by atoms with E-state index in [0.717, 1.165) is 12.3 Å². The molecule has 3 rings (SSSR count). The van der Waals surface area contributed by atoms with Crippen molar-refractivity contribution in [2.75, 3.05) is 0 Å². The van der Waals surface area contributed by atoms with Crippen LogP contribution in [0.4, 0.5) is 0 Å². The van der Waals surface area contributed by atoms with E-state index in [4.69, 9.17) is 23.2 Å². The zero-order valence-electron chi connectivity index (χ0n) is 9.96. The Bertz CT molecular complexity index is 468. The van der Waals surface area contributed by atoms with Crippen molar-refractivity contribution in [2.45, 2.75) is 31.7 Å². The van der Waals surface area contributed by atoms with Crippen molar-refractivity contribution in [3.63, 3.8) is 0 Å². The topological polar surface area (TPSA) is 29.1 Å². The minimum atomic E-state index is -0.136. The van der Waals surface area contributed by atoms with Crippen LogP contribution in [0.5, 0.6) is 0 Å². The third kappa shape index (κ3) is 2.12. The van der Waals surface area contributed by atoms with E-state index >= 15 is 0 Å². The summed E-state index contributed by atoms with van der Waals surface area (Å²) in [4.78, 5) is 12.2. The van der Waals surface area contributed by atoms with Crippen LogP contribution in [0.2, 0.25) is 10.0 Å². The summed E-state index contributed by atoms with van der Waals surface area (Å²) in [6, 6.07) is 5.45. The lowest BCUT2D eigenvalue weighted by atomic mass is 9.95. The molecule has 2 aliphatic rings. The molecule has 0 saturated heterocycles. The molecule has 1 N–H and O–H groups in total. The molecule has 96 valence electrons. The average Bonchev–Trinajstić information content (AvgIpc) is 2.90. The zero-order valence-corrected chi connectivity index (χ0v) is 11.5. The number of hydrogen-bond donors (Lipinski definition) is 1. The second-order valence-electron chi connectivity index (χ2n) is 5.35. The molecule has 0 heterocycles. The van der Waals surface area contributed by atoms with Gasteiger partial charge in [-0.05, 0) is 43.2 Å². The van der Waals surface area contributed by atoms with Gasteiger partial charge in [0.1, 0.15) is 0 Å². The Morgan fingerprint density at radius 1 is 1.17 bits per heavy atom. The van der Waals surface area contributed by atoms with Crippen molar-refractivity contribution in [1.29, 1.82) is 0 Å². The lowest BCUT2D eigenvalue weighted by Crippen LogP contribution is -2.38. The van der Waals surface area contributed by atoms with E-state index in [9.17, 15) is 4.79 Å². The van der Waals surface area contributed by atoms with Gasteiger partial charge < -0.3 is 5.32 Å². The maximum absolute atomic E-state index is 12.2. The maximum Gasteiger partial charge on any atom is 0.254 e. The standard InChI is InChI=1S/C14H15Cl2NO/c15-10-2-1-3-11(16)13(10)14(18)17-12-7-8-4-5-9(12)6-8/h1-3,8-9,12H,4-7H2,(H,17,18)/t8-,9+,12-/m1/s1. The van der Waals surface area contributed by atoms with E-state index in [2.05, 4.69) is 5.32 Å². The van der Waals surface area contributed by atoms with Crippen LogP contribution >= 0.6 is 23.2 Å². The number of halogens is 2. The summed E-state index contributed by atoms with van der Waals surface area (Å²) >= 11 is 12.1. The molecule has 0 aliphatic heterocycles. The minimum Gasteiger partial charge on any atom is -0.349 e. The fourth-order valence-electron chi connectivity index (χ4n) is 3.38. The Kier molecular flexibility index (Phi) is 3.25. The molecule has 1 aromatic carbocycles. The van der Waals surface area contributed by atoms with Gasteiger partial charge in [-0.1, -0.05) is 35.7 Å². The quantitative estimate of drug-likeness (QED) is 0.876. The molecule has 0 radical (unpaired) electrons. The molecule has 2 saturated carbocycles. The van der Waals surface area contributed by atoms with Gasteiger partial charge in [0.2, 0.25) is 0 Å². The first-order valence-electron chi connectivity index (χ1n) is 6.40. The van der Waals surface area contributed by atoms with Crippen LogP contribution in [-0.2, 0) is 0 Å². The molecule has 2 bridgehead atoms. The molecule has 3 atom stereocenters. The largest absolute Gasteiger partial charge is 0.349 e. The van der Waals surface area contributed by atoms with Gasteiger partial charge in [0, 0.05) is 6.04 Å². The van der Waals surface area contributed by atoms with Gasteiger partial charge in [-0.3, -0.25) is 4.79 Å². The summed E-state index contributed by atoms with van der Waals surface area (Å²) in [5.41, 5.74) is 0.406. The molecule has 0 spiro atoms. The molecule has 1 amide bonds.